The third-order valence-electron chi connectivity index (χ3n) is 3.91. The van der Waals surface area contributed by atoms with Crippen LogP contribution in [0.2, 0.25) is 0 Å². The Morgan fingerprint density at radius 2 is 1.71 bits per heavy atom. The zero-order valence-electron chi connectivity index (χ0n) is 13.2. The zero-order valence-corrected chi connectivity index (χ0v) is 13.2. The highest BCUT2D eigenvalue weighted by Crippen LogP contribution is 2.26. The smallest absolute Gasteiger partial charge is 0.335 e. The van der Waals surface area contributed by atoms with E-state index >= 15 is 0 Å². The van der Waals surface area contributed by atoms with Gasteiger partial charge in [0, 0.05) is 23.5 Å². The molecule has 3 rings (SSSR count). The van der Waals surface area contributed by atoms with Crippen molar-refractivity contribution in [3.05, 3.63) is 89.2 Å². The Hall–Kier alpha value is -2.98. The number of carboxylic acids is 1. The Morgan fingerprint density at radius 1 is 0.958 bits per heavy atom. The first-order valence-corrected chi connectivity index (χ1v) is 7.58. The quantitative estimate of drug-likeness (QED) is 0.766. The fourth-order valence-corrected chi connectivity index (χ4v) is 2.54. The molecule has 4 nitrogen and oxygen atoms in total. The molecule has 4 heteroatoms. The number of pyridine rings is 1. The van der Waals surface area contributed by atoms with Crippen LogP contribution in [0.25, 0.3) is 11.1 Å². The van der Waals surface area contributed by atoms with Crippen molar-refractivity contribution in [1.82, 2.24) is 4.98 Å². The maximum atomic E-state index is 11.1. The molecular formula is C20H17NO3. The normalized spacial score (nSPS) is 11.9. The second-order valence-electron chi connectivity index (χ2n) is 5.71. The third-order valence-corrected chi connectivity index (χ3v) is 3.91. The SMILES string of the molecule is Cc1ccc(C(O)c2cncc(-c3cccc(C(=O)O)c3)c2)cc1. The summed E-state index contributed by atoms with van der Waals surface area (Å²) in [5, 5.41) is 19.7. The van der Waals surface area contributed by atoms with Gasteiger partial charge in [-0.05, 0) is 36.2 Å². The first-order chi connectivity index (χ1) is 11.5. The van der Waals surface area contributed by atoms with Crippen molar-refractivity contribution in [2.24, 2.45) is 0 Å². The predicted octanol–water partition coefficient (Wildman–Crippen LogP) is 3.84. The van der Waals surface area contributed by atoms with Gasteiger partial charge < -0.3 is 10.2 Å². The summed E-state index contributed by atoms with van der Waals surface area (Å²) in [7, 11) is 0. The van der Waals surface area contributed by atoms with Crippen LogP contribution in [0, 0.1) is 6.92 Å². The summed E-state index contributed by atoms with van der Waals surface area (Å²) in [4.78, 5) is 15.3. The Kier molecular flexibility index (Phi) is 4.40. The van der Waals surface area contributed by atoms with Gasteiger partial charge in [0.2, 0.25) is 0 Å². The standard InChI is InChI=1S/C20H17NO3/c1-13-5-7-14(8-6-13)19(22)18-10-17(11-21-12-18)15-3-2-4-16(9-15)20(23)24/h2-12,19,22H,1H3,(H,23,24). The molecule has 24 heavy (non-hydrogen) atoms. The number of carbonyl (C=O) groups is 1. The van der Waals surface area contributed by atoms with E-state index in [2.05, 4.69) is 4.98 Å². The third kappa shape index (κ3) is 3.34. The molecule has 0 fully saturated rings. The molecule has 0 aliphatic carbocycles. The van der Waals surface area contributed by atoms with Crippen LogP contribution in [0.3, 0.4) is 0 Å². The summed E-state index contributed by atoms with van der Waals surface area (Å²) in [5.41, 5.74) is 4.32. The molecule has 0 saturated carbocycles. The Labute approximate surface area is 140 Å². The van der Waals surface area contributed by atoms with Gasteiger partial charge in [0.15, 0.2) is 0 Å². The van der Waals surface area contributed by atoms with E-state index in [4.69, 9.17) is 5.11 Å². The van der Waals surface area contributed by atoms with Crippen LogP contribution in [0.1, 0.15) is 33.2 Å². The van der Waals surface area contributed by atoms with Gasteiger partial charge in [0.25, 0.3) is 0 Å². The molecular weight excluding hydrogens is 302 g/mol. The van der Waals surface area contributed by atoms with E-state index in [1.165, 1.54) is 0 Å². The molecule has 1 heterocycles. The summed E-state index contributed by atoms with van der Waals surface area (Å²) in [6.45, 7) is 1.99. The van der Waals surface area contributed by atoms with Gasteiger partial charge >= 0.3 is 5.97 Å². The molecule has 0 spiro atoms. The number of aliphatic hydroxyl groups is 1. The van der Waals surface area contributed by atoms with Gasteiger partial charge in [-0.25, -0.2) is 4.79 Å². The van der Waals surface area contributed by atoms with Gasteiger partial charge in [-0.3, -0.25) is 4.98 Å². The van der Waals surface area contributed by atoms with Gasteiger partial charge in [-0.15, -0.1) is 0 Å². The predicted molar refractivity (Wildman–Crippen MR) is 91.9 cm³/mol. The van der Waals surface area contributed by atoms with Crippen LogP contribution in [-0.4, -0.2) is 21.2 Å². The van der Waals surface area contributed by atoms with Crippen molar-refractivity contribution >= 4 is 5.97 Å². The van der Waals surface area contributed by atoms with E-state index in [0.29, 0.717) is 5.56 Å². The molecule has 1 unspecified atom stereocenters. The number of aryl methyl sites for hydroxylation is 1. The number of hydrogen-bond acceptors (Lipinski definition) is 3. The highest BCUT2D eigenvalue weighted by Gasteiger charge is 2.12. The van der Waals surface area contributed by atoms with Crippen molar-refractivity contribution in [1.29, 1.82) is 0 Å². The van der Waals surface area contributed by atoms with E-state index in [-0.39, 0.29) is 5.56 Å². The minimum Gasteiger partial charge on any atom is -0.478 e. The summed E-state index contributed by atoms with van der Waals surface area (Å²) in [6, 6.07) is 16.2. The van der Waals surface area contributed by atoms with Crippen LogP contribution >= 0.6 is 0 Å². The molecule has 120 valence electrons. The largest absolute Gasteiger partial charge is 0.478 e. The number of benzene rings is 2. The number of carboxylic acid groups (broad SMARTS) is 1. The van der Waals surface area contributed by atoms with Crippen LogP contribution in [0.15, 0.2) is 67.0 Å². The molecule has 0 saturated heterocycles. The lowest BCUT2D eigenvalue weighted by Crippen LogP contribution is -2.01. The van der Waals surface area contributed by atoms with Gasteiger partial charge in [-0.2, -0.15) is 0 Å². The fraction of sp³-hybridized carbons (Fsp3) is 0.100. The minimum absolute atomic E-state index is 0.219. The summed E-state index contributed by atoms with van der Waals surface area (Å²) < 4.78 is 0. The number of aromatic carboxylic acids is 1. The van der Waals surface area contributed by atoms with Crippen LogP contribution in [0.5, 0.6) is 0 Å². The number of nitrogens with zero attached hydrogens (tertiary/aromatic N) is 1. The average molecular weight is 319 g/mol. The first kappa shape index (κ1) is 15.9. The Morgan fingerprint density at radius 3 is 2.42 bits per heavy atom. The highest BCUT2D eigenvalue weighted by molar-refractivity contribution is 5.89. The van der Waals surface area contributed by atoms with Crippen molar-refractivity contribution in [2.45, 2.75) is 13.0 Å². The van der Waals surface area contributed by atoms with Crippen molar-refractivity contribution in [2.75, 3.05) is 0 Å². The second-order valence-corrected chi connectivity index (χ2v) is 5.71. The first-order valence-electron chi connectivity index (χ1n) is 7.58. The van der Waals surface area contributed by atoms with Gasteiger partial charge in [0.1, 0.15) is 6.10 Å². The van der Waals surface area contributed by atoms with Crippen molar-refractivity contribution in [3.63, 3.8) is 0 Å². The number of rotatable bonds is 4. The highest BCUT2D eigenvalue weighted by atomic mass is 16.4. The van der Waals surface area contributed by atoms with E-state index in [9.17, 15) is 9.90 Å². The molecule has 0 aliphatic heterocycles. The molecule has 2 aromatic carbocycles. The van der Waals surface area contributed by atoms with Crippen LogP contribution in [0.4, 0.5) is 0 Å². The summed E-state index contributed by atoms with van der Waals surface area (Å²) >= 11 is 0. The number of aliphatic hydroxyl groups excluding tert-OH is 1. The monoisotopic (exact) mass is 319 g/mol. The average Bonchev–Trinajstić information content (AvgIpc) is 2.62. The van der Waals surface area contributed by atoms with Crippen molar-refractivity contribution < 1.29 is 15.0 Å². The molecule has 0 aliphatic rings. The molecule has 2 N–H and O–H groups in total. The maximum Gasteiger partial charge on any atom is 0.335 e. The second kappa shape index (κ2) is 6.64. The number of hydrogen-bond donors (Lipinski definition) is 2. The van der Waals surface area contributed by atoms with Crippen LogP contribution in [-0.2, 0) is 0 Å². The van der Waals surface area contributed by atoms with Crippen molar-refractivity contribution in [3.8, 4) is 11.1 Å². The molecule has 0 bridgehead atoms. The van der Waals surface area contributed by atoms with Gasteiger partial charge in [0.05, 0.1) is 5.56 Å². The molecule has 1 aromatic heterocycles. The Bertz CT molecular complexity index is 872. The topological polar surface area (TPSA) is 70.4 Å². The van der Waals surface area contributed by atoms with E-state index in [0.717, 1.165) is 22.3 Å². The van der Waals surface area contributed by atoms with E-state index in [1.807, 2.05) is 43.3 Å². The Balaban J connectivity index is 1.95. The minimum atomic E-state index is -0.972. The van der Waals surface area contributed by atoms with Gasteiger partial charge in [-0.1, -0.05) is 42.0 Å². The molecule has 0 amide bonds. The zero-order chi connectivity index (χ0) is 17.1. The summed E-state index contributed by atoms with van der Waals surface area (Å²) in [6.07, 6.45) is 2.50. The lowest BCUT2D eigenvalue weighted by Gasteiger charge is -2.13. The molecule has 0 radical (unpaired) electrons. The molecule has 3 aromatic rings. The lowest BCUT2D eigenvalue weighted by atomic mass is 9.98. The fourth-order valence-electron chi connectivity index (χ4n) is 2.54. The lowest BCUT2D eigenvalue weighted by molar-refractivity contribution is 0.0697. The van der Waals surface area contributed by atoms with Crippen LogP contribution < -0.4 is 0 Å². The maximum absolute atomic E-state index is 11.1. The van der Waals surface area contributed by atoms with E-state index < -0.39 is 12.1 Å². The number of aromatic nitrogens is 1. The summed E-state index contributed by atoms with van der Waals surface area (Å²) in [5.74, 6) is -0.972. The van der Waals surface area contributed by atoms with E-state index in [1.54, 1.807) is 30.6 Å². The molecule has 1 atom stereocenters.